The number of nitrogens with one attached hydrogen (secondary N) is 2. The summed E-state index contributed by atoms with van der Waals surface area (Å²) in [6.45, 7) is 3.61. The molecule has 24 heavy (non-hydrogen) atoms. The van der Waals surface area contributed by atoms with Gasteiger partial charge >= 0.3 is 0 Å². The largest absolute Gasteiger partial charge is 0.497 e. The minimum Gasteiger partial charge on any atom is -0.497 e. The van der Waals surface area contributed by atoms with Crippen LogP contribution in [0, 0.1) is 6.92 Å². The molecule has 1 atom stereocenters. The van der Waals surface area contributed by atoms with Crippen LogP contribution in [-0.4, -0.2) is 24.0 Å². The lowest BCUT2D eigenvalue weighted by Gasteiger charge is -2.15. The average molecular weight is 325 g/mol. The normalized spacial score (nSPS) is 12.0. The summed E-state index contributed by atoms with van der Waals surface area (Å²) in [4.78, 5) is 16.6. The Bertz CT molecular complexity index is 856. The van der Waals surface area contributed by atoms with Gasteiger partial charge in [0.1, 0.15) is 17.3 Å². The Balaban J connectivity index is 1.65. The van der Waals surface area contributed by atoms with Crippen LogP contribution in [0.1, 0.15) is 12.8 Å². The van der Waals surface area contributed by atoms with Gasteiger partial charge in [-0.3, -0.25) is 4.79 Å². The predicted molar refractivity (Wildman–Crippen MR) is 93.5 cm³/mol. The molecule has 0 aliphatic heterocycles. The number of aromatic nitrogens is 1. The van der Waals surface area contributed by atoms with Crippen LogP contribution in [0.3, 0.4) is 0 Å². The fourth-order valence-corrected chi connectivity index (χ4v) is 2.37. The van der Waals surface area contributed by atoms with Gasteiger partial charge in [-0.05, 0) is 49.4 Å². The minimum atomic E-state index is -0.405. The summed E-state index contributed by atoms with van der Waals surface area (Å²) in [6.07, 6.45) is 0. The van der Waals surface area contributed by atoms with Crippen molar-refractivity contribution in [3.63, 3.8) is 0 Å². The number of methoxy groups -OCH3 is 1. The SMILES string of the molecule is COc1ccc(NC(=O)[C@H](C)Nc2ccc3oc(C)nc3c2)cc1. The molecule has 1 aromatic heterocycles. The topological polar surface area (TPSA) is 76.4 Å². The number of nitrogens with zero attached hydrogens (tertiary/aromatic N) is 1. The number of ether oxygens (including phenoxy) is 1. The number of carbonyl (C=O) groups is 1. The van der Waals surface area contributed by atoms with Gasteiger partial charge < -0.3 is 19.8 Å². The van der Waals surface area contributed by atoms with E-state index in [0.717, 1.165) is 28.2 Å². The maximum absolute atomic E-state index is 12.3. The molecule has 3 rings (SSSR count). The highest BCUT2D eigenvalue weighted by atomic mass is 16.5. The van der Waals surface area contributed by atoms with E-state index in [4.69, 9.17) is 9.15 Å². The summed E-state index contributed by atoms with van der Waals surface area (Å²) < 4.78 is 10.5. The van der Waals surface area contributed by atoms with Crippen LogP contribution in [0.15, 0.2) is 46.9 Å². The molecule has 1 amide bonds. The zero-order chi connectivity index (χ0) is 17.1. The molecule has 6 heteroatoms. The smallest absolute Gasteiger partial charge is 0.246 e. The van der Waals surface area contributed by atoms with Crippen molar-refractivity contribution >= 4 is 28.4 Å². The number of amides is 1. The molecule has 0 aliphatic rings. The number of oxazole rings is 1. The molecule has 0 bridgehead atoms. The van der Waals surface area contributed by atoms with Crippen molar-refractivity contribution in [1.29, 1.82) is 0 Å². The van der Waals surface area contributed by atoms with Gasteiger partial charge in [0.05, 0.1) is 7.11 Å². The fourth-order valence-electron chi connectivity index (χ4n) is 2.37. The average Bonchev–Trinajstić information content (AvgIpc) is 2.94. The lowest BCUT2D eigenvalue weighted by molar-refractivity contribution is -0.116. The first-order valence-corrected chi connectivity index (χ1v) is 7.64. The Kier molecular flexibility index (Phi) is 4.37. The monoisotopic (exact) mass is 325 g/mol. The molecule has 0 saturated heterocycles. The third-order valence-corrected chi connectivity index (χ3v) is 3.63. The number of anilines is 2. The van der Waals surface area contributed by atoms with Gasteiger partial charge in [-0.2, -0.15) is 0 Å². The minimum absolute atomic E-state index is 0.128. The van der Waals surface area contributed by atoms with E-state index in [0.29, 0.717) is 5.89 Å². The van der Waals surface area contributed by atoms with Gasteiger partial charge in [0.25, 0.3) is 0 Å². The van der Waals surface area contributed by atoms with Crippen LogP contribution in [0.4, 0.5) is 11.4 Å². The van der Waals surface area contributed by atoms with Crippen molar-refractivity contribution in [2.75, 3.05) is 17.7 Å². The Labute approximate surface area is 139 Å². The van der Waals surface area contributed by atoms with E-state index in [1.165, 1.54) is 0 Å². The standard InChI is InChI=1S/C18H19N3O3/c1-11(18(22)21-13-4-7-15(23-3)8-5-13)19-14-6-9-17-16(10-14)20-12(2)24-17/h4-11,19H,1-3H3,(H,21,22)/t11-/m0/s1. The number of fused-ring (bicyclic) bond motifs is 1. The van der Waals surface area contributed by atoms with Crippen molar-refractivity contribution in [3.05, 3.63) is 48.4 Å². The maximum Gasteiger partial charge on any atom is 0.246 e. The van der Waals surface area contributed by atoms with Gasteiger partial charge in [0, 0.05) is 18.3 Å². The van der Waals surface area contributed by atoms with Gasteiger partial charge in [-0.15, -0.1) is 0 Å². The number of aryl methyl sites for hydroxylation is 1. The molecule has 0 unspecified atom stereocenters. The molecular formula is C18H19N3O3. The second-order valence-electron chi connectivity index (χ2n) is 5.50. The Morgan fingerprint density at radius 2 is 1.88 bits per heavy atom. The van der Waals surface area contributed by atoms with Gasteiger partial charge in [0.15, 0.2) is 11.5 Å². The van der Waals surface area contributed by atoms with Crippen molar-refractivity contribution in [3.8, 4) is 5.75 Å². The van der Waals surface area contributed by atoms with Crippen LogP contribution >= 0.6 is 0 Å². The number of rotatable bonds is 5. The lowest BCUT2D eigenvalue weighted by atomic mass is 10.2. The Morgan fingerprint density at radius 1 is 1.17 bits per heavy atom. The first kappa shape index (κ1) is 15.9. The molecule has 2 N–H and O–H groups in total. The van der Waals surface area contributed by atoms with E-state index in [2.05, 4.69) is 15.6 Å². The van der Waals surface area contributed by atoms with Crippen molar-refractivity contribution in [1.82, 2.24) is 4.98 Å². The second kappa shape index (κ2) is 6.62. The number of benzene rings is 2. The molecule has 6 nitrogen and oxygen atoms in total. The van der Waals surface area contributed by atoms with Gasteiger partial charge in [0.2, 0.25) is 5.91 Å². The second-order valence-corrected chi connectivity index (χ2v) is 5.50. The Morgan fingerprint density at radius 3 is 2.58 bits per heavy atom. The van der Waals surface area contributed by atoms with Crippen molar-refractivity contribution in [2.45, 2.75) is 19.9 Å². The fraction of sp³-hybridized carbons (Fsp3) is 0.222. The van der Waals surface area contributed by atoms with E-state index in [1.807, 2.05) is 18.2 Å². The van der Waals surface area contributed by atoms with Crippen LogP contribution in [0.25, 0.3) is 11.1 Å². The van der Waals surface area contributed by atoms with E-state index in [9.17, 15) is 4.79 Å². The molecule has 1 heterocycles. The summed E-state index contributed by atoms with van der Waals surface area (Å²) in [6, 6.07) is 12.4. The van der Waals surface area contributed by atoms with Crippen molar-refractivity contribution in [2.24, 2.45) is 0 Å². The van der Waals surface area contributed by atoms with Crippen LogP contribution in [-0.2, 0) is 4.79 Å². The number of hydrogen-bond acceptors (Lipinski definition) is 5. The van der Waals surface area contributed by atoms with Gasteiger partial charge in [-0.25, -0.2) is 4.98 Å². The highest BCUT2D eigenvalue weighted by molar-refractivity contribution is 5.96. The van der Waals surface area contributed by atoms with E-state index in [-0.39, 0.29) is 5.91 Å². The molecule has 2 aromatic carbocycles. The van der Waals surface area contributed by atoms with E-state index >= 15 is 0 Å². The first-order valence-electron chi connectivity index (χ1n) is 7.64. The quantitative estimate of drug-likeness (QED) is 0.750. The number of hydrogen-bond donors (Lipinski definition) is 2. The molecule has 0 spiro atoms. The zero-order valence-electron chi connectivity index (χ0n) is 13.8. The summed E-state index contributed by atoms with van der Waals surface area (Å²) in [5, 5.41) is 6.03. The summed E-state index contributed by atoms with van der Waals surface area (Å²) in [5.74, 6) is 1.24. The third kappa shape index (κ3) is 3.48. The third-order valence-electron chi connectivity index (χ3n) is 3.63. The highest BCUT2D eigenvalue weighted by Gasteiger charge is 2.13. The summed E-state index contributed by atoms with van der Waals surface area (Å²) in [5.41, 5.74) is 3.03. The molecule has 0 saturated carbocycles. The van der Waals surface area contributed by atoms with E-state index in [1.54, 1.807) is 45.2 Å². The molecule has 0 aliphatic carbocycles. The van der Waals surface area contributed by atoms with Crippen LogP contribution < -0.4 is 15.4 Å². The zero-order valence-corrected chi connectivity index (χ0v) is 13.8. The van der Waals surface area contributed by atoms with Crippen LogP contribution in [0.2, 0.25) is 0 Å². The lowest BCUT2D eigenvalue weighted by Crippen LogP contribution is -2.31. The predicted octanol–water partition coefficient (Wildman–Crippen LogP) is 3.58. The molecule has 3 aromatic rings. The first-order chi connectivity index (χ1) is 11.5. The summed E-state index contributed by atoms with van der Waals surface area (Å²) >= 11 is 0. The van der Waals surface area contributed by atoms with E-state index < -0.39 is 6.04 Å². The molecule has 0 fully saturated rings. The highest BCUT2D eigenvalue weighted by Crippen LogP contribution is 2.20. The van der Waals surface area contributed by atoms with Gasteiger partial charge in [-0.1, -0.05) is 0 Å². The molecule has 124 valence electrons. The van der Waals surface area contributed by atoms with Crippen molar-refractivity contribution < 1.29 is 13.9 Å². The maximum atomic E-state index is 12.3. The molecular weight excluding hydrogens is 306 g/mol. The Hall–Kier alpha value is -3.02. The number of carbonyl (C=O) groups excluding carboxylic acids is 1. The summed E-state index contributed by atoms with van der Waals surface area (Å²) in [7, 11) is 1.60. The molecule has 0 radical (unpaired) electrons. The van der Waals surface area contributed by atoms with Crippen LogP contribution in [0.5, 0.6) is 5.75 Å².